The summed E-state index contributed by atoms with van der Waals surface area (Å²) in [5.41, 5.74) is -0.828. The van der Waals surface area contributed by atoms with E-state index in [1.807, 2.05) is 20.8 Å². The maximum Gasteiger partial charge on any atom is 0.303 e. The normalized spacial score (nSPS) is 47.7. The van der Waals surface area contributed by atoms with Crippen molar-refractivity contribution in [2.24, 2.45) is 28.6 Å². The Morgan fingerprint density at radius 1 is 1.25 bits per heavy atom. The van der Waals surface area contributed by atoms with E-state index >= 15 is 0 Å². The van der Waals surface area contributed by atoms with Gasteiger partial charge in [0.1, 0.15) is 12.2 Å². The fourth-order valence-corrected chi connectivity index (χ4v) is 6.10. The highest BCUT2D eigenvalue weighted by Gasteiger charge is 2.71. The first kappa shape index (κ1) is 19.5. The van der Waals surface area contributed by atoms with Crippen molar-refractivity contribution < 1.29 is 29.3 Å². The fraction of sp³-hybridized carbons (Fsp3) is 0.682. The van der Waals surface area contributed by atoms with Gasteiger partial charge in [0, 0.05) is 29.4 Å². The van der Waals surface area contributed by atoms with Crippen LogP contribution < -0.4 is 0 Å². The number of hydrogen-bond acceptors (Lipinski definition) is 6. The first-order valence-corrected chi connectivity index (χ1v) is 10.0. The van der Waals surface area contributed by atoms with Crippen LogP contribution in [0.25, 0.3) is 0 Å². The van der Waals surface area contributed by atoms with Crippen LogP contribution in [0.3, 0.4) is 0 Å². The Hall–Kier alpha value is -1.79. The molecule has 0 saturated heterocycles. The molecule has 6 heteroatoms. The lowest BCUT2D eigenvalue weighted by Gasteiger charge is -2.55. The predicted octanol–water partition coefficient (Wildman–Crippen LogP) is 1.74. The second-order valence-corrected chi connectivity index (χ2v) is 9.46. The summed E-state index contributed by atoms with van der Waals surface area (Å²) in [4.78, 5) is 38.7. The Bertz CT molecular complexity index is 840. The molecule has 8 atom stereocenters. The molecule has 152 valence electrons. The van der Waals surface area contributed by atoms with Crippen molar-refractivity contribution in [3.63, 3.8) is 0 Å². The molecule has 0 heterocycles. The van der Waals surface area contributed by atoms with E-state index in [1.165, 1.54) is 6.92 Å². The number of esters is 1. The van der Waals surface area contributed by atoms with Crippen LogP contribution in [0.4, 0.5) is 0 Å². The maximum atomic E-state index is 13.5. The molecular weight excluding hydrogens is 360 g/mol. The van der Waals surface area contributed by atoms with Crippen molar-refractivity contribution in [2.75, 3.05) is 0 Å². The number of rotatable bonds is 1. The van der Waals surface area contributed by atoms with Gasteiger partial charge in [-0.2, -0.15) is 0 Å². The third kappa shape index (κ3) is 2.19. The minimum absolute atomic E-state index is 0.100. The molecule has 0 aromatic rings. The minimum atomic E-state index is -1.38. The summed E-state index contributed by atoms with van der Waals surface area (Å²) in [5, 5.41) is 22.0. The van der Waals surface area contributed by atoms with Crippen molar-refractivity contribution >= 4 is 17.5 Å². The van der Waals surface area contributed by atoms with Crippen molar-refractivity contribution in [3.8, 4) is 0 Å². The van der Waals surface area contributed by atoms with E-state index in [1.54, 1.807) is 0 Å². The largest absolute Gasteiger partial charge is 0.455 e. The van der Waals surface area contributed by atoms with E-state index < -0.39 is 46.8 Å². The van der Waals surface area contributed by atoms with Crippen LogP contribution in [0, 0.1) is 28.6 Å². The number of Topliss-reactive ketones (excluding diaryl/α,β-unsaturated/α-hetero) is 2. The van der Waals surface area contributed by atoms with Gasteiger partial charge in [0.2, 0.25) is 0 Å². The van der Waals surface area contributed by atoms with Crippen molar-refractivity contribution in [2.45, 2.75) is 65.3 Å². The quantitative estimate of drug-likeness (QED) is 0.524. The highest BCUT2D eigenvalue weighted by molar-refractivity contribution is 6.19. The van der Waals surface area contributed by atoms with Crippen LogP contribution in [0.5, 0.6) is 0 Å². The summed E-state index contributed by atoms with van der Waals surface area (Å²) in [6.45, 7) is 11.1. The Morgan fingerprint density at radius 3 is 2.39 bits per heavy atom. The summed E-state index contributed by atoms with van der Waals surface area (Å²) >= 11 is 0. The molecule has 4 aliphatic rings. The smallest absolute Gasteiger partial charge is 0.303 e. The Kier molecular flexibility index (Phi) is 4.09. The number of ketones is 2. The minimum Gasteiger partial charge on any atom is -0.455 e. The predicted molar refractivity (Wildman–Crippen MR) is 100.0 cm³/mol. The highest BCUT2D eigenvalue weighted by Crippen LogP contribution is 2.65. The summed E-state index contributed by atoms with van der Waals surface area (Å²) in [6, 6.07) is 0. The summed E-state index contributed by atoms with van der Waals surface area (Å²) < 4.78 is 5.42. The highest BCUT2D eigenvalue weighted by atomic mass is 16.6. The molecule has 2 fully saturated rings. The van der Waals surface area contributed by atoms with Crippen LogP contribution in [0.15, 0.2) is 23.3 Å². The molecule has 0 aromatic carbocycles. The van der Waals surface area contributed by atoms with Gasteiger partial charge < -0.3 is 14.9 Å². The van der Waals surface area contributed by atoms with Gasteiger partial charge >= 0.3 is 5.97 Å². The lowest BCUT2D eigenvalue weighted by atomic mass is 9.50. The van der Waals surface area contributed by atoms with E-state index in [-0.39, 0.29) is 28.8 Å². The SMILES string of the molecule is C=C1[C@H](C)CC[C@]2(C)C3=C(C(=O)[C@]4(C[C@H]4C)[C@@H](O)C3=O)[C@H](OC(C)=O)[C@@H](O)[C@@H]12. The van der Waals surface area contributed by atoms with Gasteiger partial charge in [-0.05, 0) is 31.1 Å². The molecule has 28 heavy (non-hydrogen) atoms. The number of carbonyl (C=O) groups is 3. The lowest BCUT2D eigenvalue weighted by Crippen LogP contribution is -2.61. The zero-order valence-electron chi connectivity index (χ0n) is 16.8. The molecule has 4 aliphatic carbocycles. The van der Waals surface area contributed by atoms with Crippen molar-refractivity contribution in [1.82, 2.24) is 0 Å². The third-order valence-corrected chi connectivity index (χ3v) is 7.90. The standard InChI is InChI=1S/C22H28O6/c1-9-6-7-21(5)14(11(9)3)16(24)18(28-12(4)23)13-15(21)17(25)20(27)22(19(13)26)8-10(22)2/h9-10,14,16,18,20,24,27H,3,6-8H2,1-2,4-5H3/t9-,10-,14-,16+,18+,20+,21+,22-/m1/s1. The maximum absolute atomic E-state index is 13.5. The van der Waals surface area contributed by atoms with Crippen LogP contribution in [0.2, 0.25) is 0 Å². The molecule has 2 saturated carbocycles. The number of aliphatic hydroxyl groups excluding tert-OH is 2. The molecule has 6 nitrogen and oxygen atoms in total. The van der Waals surface area contributed by atoms with E-state index in [0.29, 0.717) is 12.8 Å². The van der Waals surface area contributed by atoms with Crippen LogP contribution in [-0.4, -0.2) is 46.1 Å². The Balaban J connectivity index is 1.97. The van der Waals surface area contributed by atoms with Gasteiger partial charge in [0.25, 0.3) is 0 Å². The molecule has 2 N–H and O–H groups in total. The average Bonchev–Trinajstić information content (AvgIpc) is 3.29. The Labute approximate surface area is 164 Å². The third-order valence-electron chi connectivity index (χ3n) is 7.90. The fourth-order valence-electron chi connectivity index (χ4n) is 6.10. The number of hydrogen-bond donors (Lipinski definition) is 2. The van der Waals surface area contributed by atoms with Gasteiger partial charge in [-0.3, -0.25) is 14.4 Å². The zero-order chi connectivity index (χ0) is 20.8. The van der Waals surface area contributed by atoms with E-state index in [0.717, 1.165) is 12.0 Å². The molecular formula is C22H28O6. The van der Waals surface area contributed by atoms with E-state index in [4.69, 9.17) is 4.74 Å². The summed E-state index contributed by atoms with van der Waals surface area (Å²) in [5.74, 6) is -1.95. The molecule has 0 aliphatic heterocycles. The first-order chi connectivity index (χ1) is 13.0. The number of aliphatic hydroxyl groups is 2. The van der Waals surface area contributed by atoms with Gasteiger partial charge in [-0.15, -0.1) is 0 Å². The topological polar surface area (TPSA) is 101 Å². The van der Waals surface area contributed by atoms with E-state index in [2.05, 4.69) is 6.58 Å². The molecule has 0 aromatic heterocycles. The average molecular weight is 388 g/mol. The van der Waals surface area contributed by atoms with Crippen molar-refractivity contribution in [1.29, 1.82) is 0 Å². The Morgan fingerprint density at radius 2 is 1.86 bits per heavy atom. The first-order valence-electron chi connectivity index (χ1n) is 10.0. The summed E-state index contributed by atoms with van der Waals surface area (Å²) in [7, 11) is 0. The lowest BCUT2D eigenvalue weighted by molar-refractivity contribution is -0.160. The zero-order valence-corrected chi connectivity index (χ0v) is 16.8. The molecule has 0 bridgehead atoms. The molecule has 0 amide bonds. The van der Waals surface area contributed by atoms with Gasteiger partial charge in [0.15, 0.2) is 17.7 Å². The number of fused-ring (bicyclic) bond motifs is 2. The van der Waals surface area contributed by atoms with Crippen molar-refractivity contribution in [3.05, 3.63) is 23.3 Å². The van der Waals surface area contributed by atoms with Crippen LogP contribution in [0.1, 0.15) is 47.0 Å². The monoisotopic (exact) mass is 388 g/mol. The van der Waals surface area contributed by atoms with Gasteiger partial charge in [-0.25, -0.2) is 0 Å². The van der Waals surface area contributed by atoms with Gasteiger partial charge in [0.05, 0.1) is 5.41 Å². The molecule has 0 radical (unpaired) electrons. The molecule has 0 unspecified atom stereocenters. The molecule has 1 spiro atoms. The van der Waals surface area contributed by atoms with Crippen LogP contribution >= 0.6 is 0 Å². The van der Waals surface area contributed by atoms with E-state index in [9.17, 15) is 24.6 Å². The second kappa shape index (κ2) is 5.86. The van der Waals surface area contributed by atoms with Gasteiger partial charge in [-0.1, -0.05) is 32.9 Å². The molecule has 4 rings (SSSR count). The summed E-state index contributed by atoms with van der Waals surface area (Å²) in [6.07, 6.45) is -1.96. The number of carbonyl (C=O) groups excluding carboxylic acids is 3. The number of ether oxygens (including phenoxy) is 1. The van der Waals surface area contributed by atoms with Crippen LogP contribution in [-0.2, 0) is 19.1 Å². The second-order valence-electron chi connectivity index (χ2n) is 9.46.